The number of hydrogen-bond acceptors (Lipinski definition) is 6. The van der Waals surface area contributed by atoms with E-state index in [2.05, 4.69) is 27.3 Å². The molecule has 148 valence electrons. The molecule has 1 aromatic heterocycles. The molecule has 3 aromatic rings. The predicted octanol–water partition coefficient (Wildman–Crippen LogP) is 3.08. The molecule has 7 nitrogen and oxygen atoms in total. The zero-order valence-electron chi connectivity index (χ0n) is 16.0. The maximum atomic E-state index is 13.0. The number of nitrogens with one attached hydrogen (secondary N) is 1. The van der Waals surface area contributed by atoms with Crippen LogP contribution in [0.3, 0.4) is 0 Å². The van der Waals surface area contributed by atoms with Crippen LogP contribution in [0.2, 0.25) is 0 Å². The number of phenols is 1. The minimum Gasteiger partial charge on any atom is -0.506 e. The molecule has 1 fully saturated rings. The van der Waals surface area contributed by atoms with Crippen LogP contribution in [0.25, 0.3) is 0 Å². The van der Waals surface area contributed by atoms with Crippen LogP contribution in [0.4, 0.5) is 22.9 Å². The number of nitrogens with two attached hydrogens (primary N) is 1. The van der Waals surface area contributed by atoms with Gasteiger partial charge in [-0.25, -0.2) is 4.98 Å². The minimum atomic E-state index is -0.148. The van der Waals surface area contributed by atoms with Crippen LogP contribution in [0.1, 0.15) is 10.5 Å². The second-order valence-electron chi connectivity index (χ2n) is 6.93. The average Bonchev–Trinajstić information content (AvgIpc) is 2.75. The van der Waals surface area contributed by atoms with Crippen LogP contribution in [0.5, 0.6) is 5.75 Å². The molecule has 7 heteroatoms. The summed E-state index contributed by atoms with van der Waals surface area (Å²) in [5, 5.41) is 13.0. The molecule has 0 saturated carbocycles. The normalized spacial score (nSPS) is 13.9. The highest BCUT2D eigenvalue weighted by molar-refractivity contribution is 5.94. The molecule has 0 aliphatic carbocycles. The van der Waals surface area contributed by atoms with E-state index in [0.29, 0.717) is 30.3 Å². The lowest BCUT2D eigenvalue weighted by Crippen LogP contribution is -2.49. The van der Waals surface area contributed by atoms with E-state index >= 15 is 0 Å². The van der Waals surface area contributed by atoms with Crippen molar-refractivity contribution in [2.75, 3.05) is 42.1 Å². The summed E-state index contributed by atoms with van der Waals surface area (Å²) in [4.78, 5) is 21.5. The number of anilines is 4. The van der Waals surface area contributed by atoms with Crippen LogP contribution in [0, 0.1) is 0 Å². The van der Waals surface area contributed by atoms with Gasteiger partial charge in [0.15, 0.2) is 0 Å². The largest absolute Gasteiger partial charge is 0.506 e. The first-order chi connectivity index (χ1) is 14.1. The van der Waals surface area contributed by atoms with Crippen LogP contribution in [-0.4, -0.2) is 47.1 Å². The Morgan fingerprint density at radius 3 is 2.38 bits per heavy atom. The molecule has 0 bridgehead atoms. The Labute approximate surface area is 169 Å². The number of aromatic nitrogens is 1. The van der Waals surface area contributed by atoms with Crippen LogP contribution in [-0.2, 0) is 0 Å². The Kier molecular flexibility index (Phi) is 5.20. The van der Waals surface area contributed by atoms with E-state index in [9.17, 15) is 9.90 Å². The lowest BCUT2D eigenvalue weighted by Gasteiger charge is -2.36. The number of benzene rings is 2. The van der Waals surface area contributed by atoms with Crippen molar-refractivity contribution in [2.24, 2.45) is 0 Å². The fourth-order valence-corrected chi connectivity index (χ4v) is 3.41. The van der Waals surface area contributed by atoms with Crippen molar-refractivity contribution in [3.05, 3.63) is 72.4 Å². The van der Waals surface area contributed by atoms with Crippen LogP contribution < -0.4 is 16.0 Å². The van der Waals surface area contributed by atoms with E-state index in [-0.39, 0.29) is 17.4 Å². The molecular weight excluding hydrogens is 366 g/mol. The molecule has 1 aliphatic heterocycles. The molecule has 2 aromatic carbocycles. The highest BCUT2D eigenvalue weighted by atomic mass is 16.3. The van der Waals surface area contributed by atoms with Crippen molar-refractivity contribution in [1.29, 1.82) is 0 Å². The van der Waals surface area contributed by atoms with E-state index in [1.165, 1.54) is 0 Å². The van der Waals surface area contributed by atoms with Gasteiger partial charge >= 0.3 is 0 Å². The minimum absolute atomic E-state index is 0.0987. The first kappa shape index (κ1) is 18.6. The highest BCUT2D eigenvalue weighted by Gasteiger charge is 2.23. The van der Waals surface area contributed by atoms with Gasteiger partial charge in [0.05, 0.1) is 5.69 Å². The maximum absolute atomic E-state index is 13.0. The van der Waals surface area contributed by atoms with Gasteiger partial charge in [0, 0.05) is 43.6 Å². The lowest BCUT2D eigenvalue weighted by molar-refractivity contribution is 0.0741. The van der Waals surface area contributed by atoms with Crippen molar-refractivity contribution in [3.8, 4) is 5.75 Å². The number of para-hydroxylation sites is 3. The molecule has 29 heavy (non-hydrogen) atoms. The molecule has 0 unspecified atom stereocenters. The monoisotopic (exact) mass is 389 g/mol. The Bertz CT molecular complexity index is 1000. The number of rotatable bonds is 4. The number of nitrogens with zero attached hydrogens (tertiary/aromatic N) is 3. The van der Waals surface area contributed by atoms with Gasteiger partial charge < -0.3 is 26.0 Å². The Morgan fingerprint density at radius 2 is 1.66 bits per heavy atom. The van der Waals surface area contributed by atoms with Gasteiger partial charge in [0.25, 0.3) is 5.91 Å². The number of amides is 1. The van der Waals surface area contributed by atoms with Gasteiger partial charge in [0.1, 0.15) is 17.3 Å². The predicted molar refractivity (Wildman–Crippen MR) is 115 cm³/mol. The Balaban J connectivity index is 1.46. The van der Waals surface area contributed by atoms with Crippen molar-refractivity contribution in [3.63, 3.8) is 0 Å². The number of carbonyl (C=O) groups excluding carboxylic acids is 1. The molecule has 4 N–H and O–H groups in total. The molecule has 0 atom stereocenters. The SMILES string of the molecule is Nc1cc(Nc2ccccc2O)nc(C(=O)N2CCN(c3ccccc3)CC2)c1. The number of hydrogen-bond donors (Lipinski definition) is 3. The number of phenolic OH excluding ortho intramolecular Hbond substituents is 1. The van der Waals surface area contributed by atoms with Crippen molar-refractivity contribution < 1.29 is 9.90 Å². The van der Waals surface area contributed by atoms with E-state index in [0.717, 1.165) is 18.8 Å². The summed E-state index contributed by atoms with van der Waals surface area (Å²) in [5.41, 5.74) is 8.38. The maximum Gasteiger partial charge on any atom is 0.272 e. The third-order valence-electron chi connectivity index (χ3n) is 4.92. The van der Waals surface area contributed by atoms with Gasteiger partial charge in [-0.2, -0.15) is 0 Å². The molecule has 0 radical (unpaired) electrons. The molecule has 4 rings (SSSR count). The van der Waals surface area contributed by atoms with Gasteiger partial charge in [-0.3, -0.25) is 4.79 Å². The topological polar surface area (TPSA) is 94.7 Å². The number of nitrogen functional groups attached to an aromatic ring is 1. The quantitative estimate of drug-likeness (QED) is 0.594. The van der Waals surface area contributed by atoms with E-state index < -0.39 is 0 Å². The molecule has 1 saturated heterocycles. The van der Waals surface area contributed by atoms with Crippen LogP contribution >= 0.6 is 0 Å². The molecule has 2 heterocycles. The number of carbonyl (C=O) groups is 1. The number of aromatic hydroxyl groups is 1. The van der Waals surface area contributed by atoms with Gasteiger partial charge in [-0.05, 0) is 30.3 Å². The molecule has 1 amide bonds. The summed E-state index contributed by atoms with van der Waals surface area (Å²) in [5.74, 6) is 0.366. The Morgan fingerprint density at radius 1 is 0.966 bits per heavy atom. The van der Waals surface area contributed by atoms with E-state index in [1.807, 2.05) is 18.2 Å². The van der Waals surface area contributed by atoms with E-state index in [4.69, 9.17) is 5.73 Å². The summed E-state index contributed by atoms with van der Waals surface area (Å²) >= 11 is 0. The second kappa shape index (κ2) is 8.10. The fourth-order valence-electron chi connectivity index (χ4n) is 3.41. The first-order valence-electron chi connectivity index (χ1n) is 9.52. The summed E-state index contributed by atoms with van der Waals surface area (Å²) in [6.45, 7) is 2.76. The fraction of sp³-hybridized carbons (Fsp3) is 0.182. The number of piperazine rings is 1. The second-order valence-corrected chi connectivity index (χ2v) is 6.93. The zero-order valence-corrected chi connectivity index (χ0v) is 16.0. The van der Waals surface area contributed by atoms with Crippen molar-refractivity contribution in [1.82, 2.24) is 9.88 Å². The first-order valence-corrected chi connectivity index (χ1v) is 9.52. The standard InChI is InChI=1S/C22H23N5O2/c23-16-14-19(25-21(15-16)24-18-8-4-5-9-20(18)28)22(29)27-12-10-26(11-13-27)17-6-2-1-3-7-17/h1-9,14-15,28H,10-13H2,(H3,23,24,25). The average molecular weight is 389 g/mol. The van der Waals surface area contributed by atoms with Gasteiger partial charge in [-0.1, -0.05) is 30.3 Å². The third-order valence-corrected chi connectivity index (χ3v) is 4.92. The summed E-state index contributed by atoms with van der Waals surface area (Å²) < 4.78 is 0. The zero-order chi connectivity index (χ0) is 20.2. The lowest BCUT2D eigenvalue weighted by atomic mass is 10.2. The molecular formula is C22H23N5O2. The summed E-state index contributed by atoms with van der Waals surface area (Å²) in [6, 6.07) is 20.2. The van der Waals surface area contributed by atoms with Gasteiger partial charge in [0.2, 0.25) is 0 Å². The van der Waals surface area contributed by atoms with Gasteiger partial charge in [-0.15, -0.1) is 0 Å². The summed E-state index contributed by atoms with van der Waals surface area (Å²) in [6.07, 6.45) is 0. The molecule has 0 spiro atoms. The van der Waals surface area contributed by atoms with E-state index in [1.54, 1.807) is 41.3 Å². The smallest absolute Gasteiger partial charge is 0.272 e. The summed E-state index contributed by atoms with van der Waals surface area (Å²) in [7, 11) is 0. The van der Waals surface area contributed by atoms with Crippen LogP contribution in [0.15, 0.2) is 66.7 Å². The van der Waals surface area contributed by atoms with Crippen molar-refractivity contribution in [2.45, 2.75) is 0 Å². The Hall–Kier alpha value is -3.74. The van der Waals surface area contributed by atoms with Crippen molar-refractivity contribution >= 4 is 28.8 Å². The highest BCUT2D eigenvalue weighted by Crippen LogP contribution is 2.26. The molecule has 1 aliphatic rings. The third kappa shape index (κ3) is 4.24. The number of pyridine rings is 1.